The lowest BCUT2D eigenvalue weighted by molar-refractivity contribution is 0.185. The van der Waals surface area contributed by atoms with Crippen molar-refractivity contribution in [2.24, 2.45) is 5.73 Å². The molecular formula is C22H25N3O5. The van der Waals surface area contributed by atoms with Gasteiger partial charge in [0.2, 0.25) is 5.88 Å². The van der Waals surface area contributed by atoms with Gasteiger partial charge in [-0.15, -0.1) is 0 Å². The predicted octanol–water partition coefficient (Wildman–Crippen LogP) is 2.43. The Kier molecular flexibility index (Phi) is 6.33. The Morgan fingerprint density at radius 2 is 2.03 bits per heavy atom. The maximum atomic E-state index is 13.4. The second kappa shape index (κ2) is 8.93. The molecule has 1 aliphatic heterocycles. The number of aryl methyl sites for hydroxylation is 1. The summed E-state index contributed by atoms with van der Waals surface area (Å²) in [7, 11) is 3.12. The summed E-state index contributed by atoms with van der Waals surface area (Å²) in [4.78, 5) is 13.4. The molecular weight excluding hydrogens is 386 g/mol. The average molecular weight is 411 g/mol. The Hall–Kier alpha value is -3.44. The van der Waals surface area contributed by atoms with Gasteiger partial charge in [-0.2, -0.15) is 5.26 Å². The van der Waals surface area contributed by atoms with E-state index in [4.69, 9.17) is 24.7 Å². The van der Waals surface area contributed by atoms with Crippen molar-refractivity contribution in [3.05, 3.63) is 62.9 Å². The molecule has 0 fully saturated rings. The van der Waals surface area contributed by atoms with Crippen LogP contribution in [0, 0.1) is 18.3 Å². The van der Waals surface area contributed by atoms with Crippen molar-refractivity contribution in [3.8, 4) is 23.3 Å². The zero-order chi connectivity index (χ0) is 21.8. The predicted molar refractivity (Wildman–Crippen MR) is 111 cm³/mol. The number of hydrogen-bond donors (Lipinski definition) is 1. The molecule has 0 aliphatic carbocycles. The fourth-order valence-electron chi connectivity index (χ4n) is 3.62. The van der Waals surface area contributed by atoms with E-state index in [2.05, 4.69) is 6.07 Å². The zero-order valence-corrected chi connectivity index (χ0v) is 17.5. The van der Waals surface area contributed by atoms with Gasteiger partial charge in [-0.05, 0) is 31.5 Å². The van der Waals surface area contributed by atoms with E-state index in [-0.39, 0.29) is 17.0 Å². The molecule has 0 saturated heterocycles. The maximum absolute atomic E-state index is 13.4. The number of ether oxygens (including phenoxy) is 4. The number of nitrogens with two attached hydrogens (primary N) is 1. The molecule has 0 amide bonds. The van der Waals surface area contributed by atoms with Gasteiger partial charge < -0.3 is 29.2 Å². The highest BCUT2D eigenvalue weighted by atomic mass is 16.5. The topological polar surface area (TPSA) is 109 Å². The summed E-state index contributed by atoms with van der Waals surface area (Å²) in [5.74, 6) is 0.722. The summed E-state index contributed by atoms with van der Waals surface area (Å²) in [6.45, 7) is 4.94. The van der Waals surface area contributed by atoms with Gasteiger partial charge in [0.1, 0.15) is 17.4 Å². The molecule has 8 heteroatoms. The summed E-state index contributed by atoms with van der Waals surface area (Å²) in [6.07, 6.45) is 0. The molecule has 158 valence electrons. The molecule has 1 atom stereocenters. The smallest absolute Gasteiger partial charge is 0.258 e. The Bertz CT molecular complexity index is 1080. The van der Waals surface area contributed by atoms with Crippen LogP contribution in [0.2, 0.25) is 0 Å². The number of rotatable bonds is 7. The van der Waals surface area contributed by atoms with E-state index in [1.54, 1.807) is 35.9 Å². The first kappa shape index (κ1) is 21.3. The third-order valence-corrected chi connectivity index (χ3v) is 5.03. The van der Waals surface area contributed by atoms with Crippen molar-refractivity contribution in [1.29, 1.82) is 5.26 Å². The van der Waals surface area contributed by atoms with Crippen LogP contribution in [0.3, 0.4) is 0 Å². The van der Waals surface area contributed by atoms with Crippen molar-refractivity contribution in [2.45, 2.75) is 26.3 Å². The van der Waals surface area contributed by atoms with Crippen LogP contribution in [0.1, 0.15) is 29.7 Å². The standard InChI is InChI=1S/C22H25N3O5/c1-5-29-16-7-6-14(11-17(16)28-4)19-15(12-23)21(24)30-18-10-13(2)25(8-9-27-3)22(26)20(18)19/h6-7,10-11,19H,5,8-9,24H2,1-4H3. The Balaban J connectivity index is 2.24. The molecule has 1 aromatic heterocycles. The van der Waals surface area contributed by atoms with Crippen LogP contribution in [-0.4, -0.2) is 32.0 Å². The summed E-state index contributed by atoms with van der Waals surface area (Å²) in [5, 5.41) is 9.79. The van der Waals surface area contributed by atoms with Crippen LogP contribution < -0.4 is 25.5 Å². The molecule has 30 heavy (non-hydrogen) atoms. The summed E-state index contributed by atoms with van der Waals surface area (Å²) < 4.78 is 23.4. The normalized spacial score (nSPS) is 15.2. The largest absolute Gasteiger partial charge is 0.493 e. The van der Waals surface area contributed by atoms with E-state index in [1.807, 2.05) is 13.8 Å². The van der Waals surface area contributed by atoms with E-state index in [0.29, 0.717) is 53.8 Å². The van der Waals surface area contributed by atoms with Crippen molar-refractivity contribution in [2.75, 3.05) is 27.4 Å². The lowest BCUT2D eigenvalue weighted by Crippen LogP contribution is -2.33. The van der Waals surface area contributed by atoms with E-state index in [1.165, 1.54) is 7.11 Å². The molecule has 0 saturated carbocycles. The molecule has 2 N–H and O–H groups in total. The number of benzene rings is 1. The van der Waals surface area contributed by atoms with Crippen LogP contribution in [0.4, 0.5) is 0 Å². The Morgan fingerprint density at radius 1 is 1.27 bits per heavy atom. The van der Waals surface area contributed by atoms with Crippen LogP contribution in [0.25, 0.3) is 0 Å². The van der Waals surface area contributed by atoms with Gasteiger partial charge in [0, 0.05) is 25.4 Å². The molecule has 0 bridgehead atoms. The number of nitriles is 1. The lowest BCUT2D eigenvalue weighted by atomic mass is 9.84. The van der Waals surface area contributed by atoms with Gasteiger partial charge in [0.25, 0.3) is 5.56 Å². The first-order chi connectivity index (χ1) is 14.5. The second-order valence-electron chi connectivity index (χ2n) is 6.78. The molecule has 2 aromatic rings. The summed E-state index contributed by atoms with van der Waals surface area (Å²) >= 11 is 0. The van der Waals surface area contributed by atoms with Crippen molar-refractivity contribution in [1.82, 2.24) is 4.57 Å². The van der Waals surface area contributed by atoms with E-state index in [0.717, 1.165) is 0 Å². The molecule has 3 rings (SSSR count). The van der Waals surface area contributed by atoms with Crippen molar-refractivity contribution < 1.29 is 18.9 Å². The number of fused-ring (bicyclic) bond motifs is 1. The molecule has 2 heterocycles. The highest BCUT2D eigenvalue weighted by Gasteiger charge is 2.34. The highest BCUT2D eigenvalue weighted by Crippen LogP contribution is 2.42. The molecule has 1 aromatic carbocycles. The number of methoxy groups -OCH3 is 2. The zero-order valence-electron chi connectivity index (χ0n) is 17.5. The van der Waals surface area contributed by atoms with Gasteiger partial charge in [-0.1, -0.05) is 6.07 Å². The van der Waals surface area contributed by atoms with Crippen molar-refractivity contribution >= 4 is 0 Å². The van der Waals surface area contributed by atoms with E-state index >= 15 is 0 Å². The third kappa shape index (κ3) is 3.72. The SMILES string of the molecule is CCOc1ccc(C2C(C#N)=C(N)Oc3cc(C)n(CCOC)c(=O)c32)cc1OC. The van der Waals surface area contributed by atoms with Crippen LogP contribution in [0.15, 0.2) is 40.5 Å². The minimum atomic E-state index is -0.690. The lowest BCUT2D eigenvalue weighted by Gasteiger charge is -2.27. The first-order valence-electron chi connectivity index (χ1n) is 9.58. The first-order valence-corrected chi connectivity index (χ1v) is 9.58. The molecule has 0 radical (unpaired) electrons. The van der Waals surface area contributed by atoms with E-state index < -0.39 is 5.92 Å². The molecule has 8 nitrogen and oxygen atoms in total. The van der Waals surface area contributed by atoms with Crippen LogP contribution in [0.5, 0.6) is 17.2 Å². The number of aromatic nitrogens is 1. The Labute approximate surface area is 175 Å². The summed E-state index contributed by atoms with van der Waals surface area (Å²) in [6, 6.07) is 9.19. The fraction of sp³-hybridized carbons (Fsp3) is 0.364. The van der Waals surface area contributed by atoms with Crippen LogP contribution in [-0.2, 0) is 11.3 Å². The van der Waals surface area contributed by atoms with Gasteiger partial charge in [-0.25, -0.2) is 0 Å². The molecule has 1 aliphatic rings. The average Bonchev–Trinajstić information content (AvgIpc) is 2.73. The number of nitrogens with zero attached hydrogens (tertiary/aromatic N) is 2. The van der Waals surface area contributed by atoms with Gasteiger partial charge in [-0.3, -0.25) is 4.79 Å². The third-order valence-electron chi connectivity index (χ3n) is 5.03. The van der Waals surface area contributed by atoms with E-state index in [9.17, 15) is 10.1 Å². The van der Waals surface area contributed by atoms with Gasteiger partial charge >= 0.3 is 0 Å². The van der Waals surface area contributed by atoms with Crippen molar-refractivity contribution in [3.63, 3.8) is 0 Å². The van der Waals surface area contributed by atoms with Crippen LogP contribution >= 0.6 is 0 Å². The second-order valence-corrected chi connectivity index (χ2v) is 6.78. The fourth-order valence-corrected chi connectivity index (χ4v) is 3.62. The Morgan fingerprint density at radius 3 is 2.67 bits per heavy atom. The minimum Gasteiger partial charge on any atom is -0.493 e. The quantitative estimate of drug-likeness (QED) is 0.745. The monoisotopic (exact) mass is 411 g/mol. The molecule has 1 unspecified atom stereocenters. The maximum Gasteiger partial charge on any atom is 0.258 e. The summed E-state index contributed by atoms with van der Waals surface area (Å²) in [5.41, 5.74) is 7.72. The molecule has 0 spiro atoms. The minimum absolute atomic E-state index is 0.0173. The van der Waals surface area contributed by atoms with Gasteiger partial charge in [0.15, 0.2) is 11.5 Å². The number of pyridine rings is 1. The van der Waals surface area contributed by atoms with Gasteiger partial charge in [0.05, 0.1) is 31.8 Å². The number of hydrogen-bond acceptors (Lipinski definition) is 7. The number of allylic oxidation sites excluding steroid dienone is 1. The highest BCUT2D eigenvalue weighted by molar-refractivity contribution is 5.57.